The number of aliphatic hydroxyl groups excluding tert-OH is 1. The second-order valence-electron chi connectivity index (χ2n) is 5.01. The molecule has 0 spiro atoms. The smallest absolute Gasteiger partial charge is 0.244 e. The Bertz CT molecular complexity index is 769. The van der Waals surface area contributed by atoms with Crippen molar-refractivity contribution in [3.63, 3.8) is 0 Å². The third-order valence-corrected chi connectivity index (χ3v) is 3.95. The van der Waals surface area contributed by atoms with Gasteiger partial charge in [-0.1, -0.05) is 47.5 Å². The van der Waals surface area contributed by atoms with Crippen LogP contribution in [0.3, 0.4) is 0 Å². The first-order chi connectivity index (χ1) is 10.9. The minimum absolute atomic E-state index is 0.418. The molecule has 2 aromatic rings. The van der Waals surface area contributed by atoms with Crippen LogP contribution in [-0.4, -0.2) is 17.1 Å². The van der Waals surface area contributed by atoms with E-state index in [0.29, 0.717) is 15.7 Å². The van der Waals surface area contributed by atoms with E-state index in [2.05, 4.69) is 5.32 Å². The van der Waals surface area contributed by atoms with E-state index >= 15 is 0 Å². The molecule has 0 aliphatic rings. The number of amides is 1. The average Bonchev–Trinajstić information content (AvgIpc) is 2.49. The molecule has 0 bridgehead atoms. The monoisotopic (exact) mass is 348 g/mol. The van der Waals surface area contributed by atoms with Gasteiger partial charge >= 0.3 is 0 Å². The molecular formula is C17H14Cl2N2O2. The van der Waals surface area contributed by atoms with E-state index in [-0.39, 0.29) is 0 Å². The second kappa shape index (κ2) is 7.47. The largest absolute Gasteiger partial charge is 0.391 e. The number of carbonyl (C=O) groups excluding carboxylic acids is 1. The van der Waals surface area contributed by atoms with Crippen molar-refractivity contribution >= 4 is 34.8 Å². The maximum atomic E-state index is 11.9. The summed E-state index contributed by atoms with van der Waals surface area (Å²) >= 11 is 12.4. The number of hydrogen-bond donors (Lipinski definition) is 2. The summed E-state index contributed by atoms with van der Waals surface area (Å²) in [6.07, 6.45) is -1.06. The molecule has 0 radical (unpaired) electrons. The van der Waals surface area contributed by atoms with E-state index in [9.17, 15) is 9.90 Å². The number of carbonyl (C=O) groups is 1. The minimum atomic E-state index is -1.14. The van der Waals surface area contributed by atoms with Crippen LogP contribution in [-0.2, 0) is 4.79 Å². The van der Waals surface area contributed by atoms with Crippen LogP contribution in [0.25, 0.3) is 11.1 Å². The number of hydrogen-bond acceptors (Lipinski definition) is 3. The third-order valence-electron chi connectivity index (χ3n) is 3.30. The summed E-state index contributed by atoms with van der Waals surface area (Å²) in [5.74, 6) is -1.72. The number of rotatable bonds is 4. The predicted octanol–water partition coefficient (Wildman–Crippen LogP) is 4.12. The average molecular weight is 349 g/mol. The molecule has 2 aromatic carbocycles. The zero-order valence-corrected chi connectivity index (χ0v) is 13.8. The normalized spacial score (nSPS) is 13.0. The SMILES string of the molecule is CC(O)C(C#N)C(=O)Nc1ccc(-c2ccccc2Cl)c(Cl)c1. The highest BCUT2D eigenvalue weighted by molar-refractivity contribution is 6.36. The van der Waals surface area contributed by atoms with Crippen molar-refractivity contribution in [3.8, 4) is 17.2 Å². The Hall–Kier alpha value is -2.06. The van der Waals surface area contributed by atoms with Crippen molar-refractivity contribution in [1.82, 2.24) is 0 Å². The molecule has 0 heterocycles. The molecule has 23 heavy (non-hydrogen) atoms. The highest BCUT2D eigenvalue weighted by Gasteiger charge is 2.23. The minimum Gasteiger partial charge on any atom is -0.391 e. The van der Waals surface area contributed by atoms with Gasteiger partial charge in [-0.2, -0.15) is 5.26 Å². The van der Waals surface area contributed by atoms with Crippen LogP contribution >= 0.6 is 23.2 Å². The van der Waals surface area contributed by atoms with Crippen LogP contribution in [0.1, 0.15) is 6.92 Å². The van der Waals surface area contributed by atoms with E-state index in [1.165, 1.54) is 6.92 Å². The number of anilines is 1. The lowest BCUT2D eigenvalue weighted by Crippen LogP contribution is -2.29. The standard InChI is InChI=1S/C17H14Cl2N2O2/c1-10(22)14(9-20)17(23)21-11-6-7-13(16(19)8-11)12-4-2-3-5-15(12)18/h2-8,10,14,22H,1H3,(H,21,23). The highest BCUT2D eigenvalue weighted by atomic mass is 35.5. The van der Waals surface area contributed by atoms with Crippen molar-refractivity contribution in [1.29, 1.82) is 5.26 Å². The topological polar surface area (TPSA) is 73.1 Å². The number of benzene rings is 2. The van der Waals surface area contributed by atoms with Crippen molar-refractivity contribution < 1.29 is 9.90 Å². The molecule has 4 nitrogen and oxygen atoms in total. The zero-order valence-electron chi connectivity index (χ0n) is 12.3. The van der Waals surface area contributed by atoms with Gasteiger partial charge in [-0.05, 0) is 25.1 Å². The first kappa shape index (κ1) is 17.3. The fourth-order valence-electron chi connectivity index (χ4n) is 2.10. The van der Waals surface area contributed by atoms with Crippen LogP contribution in [0.4, 0.5) is 5.69 Å². The summed E-state index contributed by atoms with van der Waals surface area (Å²) in [6, 6.07) is 14.0. The van der Waals surface area contributed by atoms with Gasteiger partial charge in [0.2, 0.25) is 5.91 Å². The van der Waals surface area contributed by atoms with Crippen molar-refractivity contribution in [2.45, 2.75) is 13.0 Å². The van der Waals surface area contributed by atoms with E-state index in [0.717, 1.165) is 11.1 Å². The Morgan fingerprint density at radius 3 is 2.39 bits per heavy atom. The van der Waals surface area contributed by atoms with Gasteiger partial charge in [0.15, 0.2) is 5.92 Å². The van der Waals surface area contributed by atoms with Crippen LogP contribution in [0.15, 0.2) is 42.5 Å². The molecular weight excluding hydrogens is 335 g/mol. The molecule has 0 aliphatic heterocycles. The molecule has 0 aromatic heterocycles. The fourth-order valence-corrected chi connectivity index (χ4v) is 2.62. The molecule has 2 unspecified atom stereocenters. The summed E-state index contributed by atoms with van der Waals surface area (Å²) in [7, 11) is 0. The van der Waals surface area contributed by atoms with Gasteiger partial charge in [-0.15, -0.1) is 0 Å². The van der Waals surface area contributed by atoms with Gasteiger partial charge < -0.3 is 10.4 Å². The van der Waals surface area contributed by atoms with E-state index < -0.39 is 17.9 Å². The fraction of sp³-hybridized carbons (Fsp3) is 0.176. The van der Waals surface area contributed by atoms with E-state index in [1.807, 2.05) is 18.2 Å². The Morgan fingerprint density at radius 2 is 1.83 bits per heavy atom. The lowest BCUT2D eigenvalue weighted by atomic mass is 10.0. The lowest BCUT2D eigenvalue weighted by Gasteiger charge is -2.14. The maximum absolute atomic E-state index is 11.9. The summed E-state index contributed by atoms with van der Waals surface area (Å²) in [6.45, 7) is 1.39. The predicted molar refractivity (Wildman–Crippen MR) is 91.3 cm³/mol. The molecule has 2 rings (SSSR count). The molecule has 6 heteroatoms. The van der Waals surface area contributed by atoms with Crippen molar-refractivity contribution in [2.24, 2.45) is 5.92 Å². The van der Waals surface area contributed by atoms with Gasteiger partial charge in [0.1, 0.15) is 0 Å². The van der Waals surface area contributed by atoms with Crippen molar-refractivity contribution in [2.75, 3.05) is 5.32 Å². The van der Waals surface area contributed by atoms with Gasteiger partial charge in [-0.25, -0.2) is 0 Å². The van der Waals surface area contributed by atoms with Crippen LogP contribution in [0.2, 0.25) is 10.0 Å². The number of halogens is 2. The molecule has 118 valence electrons. The Kier molecular flexibility index (Phi) is 5.62. The molecule has 0 aliphatic carbocycles. The van der Waals surface area contributed by atoms with Gasteiger partial charge in [0.25, 0.3) is 0 Å². The Morgan fingerprint density at radius 1 is 1.17 bits per heavy atom. The molecule has 0 saturated heterocycles. The quantitative estimate of drug-likeness (QED) is 0.872. The summed E-state index contributed by atoms with van der Waals surface area (Å²) < 4.78 is 0. The Balaban J connectivity index is 2.25. The molecule has 2 atom stereocenters. The number of nitrogens with zero attached hydrogens (tertiary/aromatic N) is 1. The van der Waals surface area contributed by atoms with Crippen LogP contribution in [0.5, 0.6) is 0 Å². The second-order valence-corrected chi connectivity index (χ2v) is 5.83. The molecule has 0 fully saturated rings. The first-order valence-corrected chi connectivity index (χ1v) is 7.62. The molecule has 2 N–H and O–H groups in total. The number of aliphatic hydroxyl groups is 1. The van der Waals surface area contributed by atoms with Crippen LogP contribution in [0, 0.1) is 17.2 Å². The van der Waals surface area contributed by atoms with Crippen LogP contribution < -0.4 is 5.32 Å². The van der Waals surface area contributed by atoms with Gasteiger partial charge in [-0.3, -0.25) is 4.79 Å². The maximum Gasteiger partial charge on any atom is 0.244 e. The van der Waals surface area contributed by atoms with Gasteiger partial charge in [0, 0.05) is 21.8 Å². The summed E-state index contributed by atoms with van der Waals surface area (Å²) in [5.41, 5.74) is 1.97. The lowest BCUT2D eigenvalue weighted by molar-refractivity contribution is -0.120. The van der Waals surface area contributed by atoms with E-state index in [1.54, 1.807) is 30.3 Å². The summed E-state index contributed by atoms with van der Waals surface area (Å²) in [5, 5.41) is 21.9. The molecule has 1 amide bonds. The zero-order chi connectivity index (χ0) is 17.0. The Labute approximate surface area is 144 Å². The third kappa shape index (κ3) is 4.02. The van der Waals surface area contributed by atoms with E-state index in [4.69, 9.17) is 28.5 Å². The summed E-state index contributed by atoms with van der Waals surface area (Å²) in [4.78, 5) is 11.9. The highest BCUT2D eigenvalue weighted by Crippen LogP contribution is 2.34. The molecule has 0 saturated carbocycles. The first-order valence-electron chi connectivity index (χ1n) is 6.87. The van der Waals surface area contributed by atoms with Gasteiger partial charge in [0.05, 0.1) is 17.2 Å². The number of nitriles is 1. The number of nitrogens with one attached hydrogen (secondary N) is 1. The van der Waals surface area contributed by atoms with Crippen molar-refractivity contribution in [3.05, 3.63) is 52.5 Å².